The molecule has 1 aromatic rings. The second kappa shape index (κ2) is 7.96. The van der Waals surface area contributed by atoms with E-state index in [2.05, 4.69) is 10.5 Å². The second-order valence-corrected chi connectivity index (χ2v) is 7.48. The Bertz CT molecular complexity index is 916. The highest BCUT2D eigenvalue weighted by molar-refractivity contribution is 5.73. The fourth-order valence-electron chi connectivity index (χ4n) is 4.08. The van der Waals surface area contributed by atoms with E-state index in [0.29, 0.717) is 12.8 Å². The summed E-state index contributed by atoms with van der Waals surface area (Å²) >= 11 is 0. The molecule has 1 N–H and O–H groups in total. The third-order valence-electron chi connectivity index (χ3n) is 5.70. The van der Waals surface area contributed by atoms with Crippen LogP contribution in [0, 0.1) is 67.5 Å². The van der Waals surface area contributed by atoms with Crippen molar-refractivity contribution in [3.8, 4) is 24.3 Å². The molecule has 28 heavy (non-hydrogen) atoms. The molecular weight excluding hydrogens is 348 g/mol. The molecule has 0 radical (unpaired) electrons. The largest absolute Gasteiger partial charge is 0.279 e. The molecule has 0 aliphatic heterocycles. The maximum Gasteiger partial charge on any atom is 0.184 e. The average molecular weight is 370 g/mol. The lowest BCUT2D eigenvalue weighted by atomic mass is 9.32. The number of hydrazone groups is 1. The summed E-state index contributed by atoms with van der Waals surface area (Å²) in [4.78, 5) is 0. The predicted octanol–water partition coefficient (Wildman–Crippen LogP) is 4.53. The Morgan fingerprint density at radius 2 is 1.68 bits per heavy atom. The van der Waals surface area contributed by atoms with Crippen molar-refractivity contribution >= 4 is 11.9 Å². The molecule has 0 bridgehead atoms. The topological polar surface area (TPSA) is 120 Å². The highest BCUT2D eigenvalue weighted by Crippen LogP contribution is 2.72. The fraction of sp³-hybridized carbons (Fsp3) is 0.409. The molecule has 1 aliphatic rings. The molecule has 0 aromatic heterocycles. The summed E-state index contributed by atoms with van der Waals surface area (Å²) in [6.07, 6.45) is 4.68. The van der Waals surface area contributed by atoms with E-state index < -0.39 is 22.2 Å². The van der Waals surface area contributed by atoms with Crippen molar-refractivity contribution in [2.24, 2.45) is 27.3 Å². The Morgan fingerprint density at radius 3 is 2.18 bits per heavy atom. The number of anilines is 1. The van der Waals surface area contributed by atoms with E-state index in [1.165, 1.54) is 6.21 Å². The second-order valence-electron chi connectivity index (χ2n) is 7.48. The van der Waals surface area contributed by atoms with Crippen molar-refractivity contribution in [2.45, 2.75) is 33.6 Å². The third kappa shape index (κ3) is 2.90. The normalized spacial score (nSPS) is 23.9. The minimum absolute atomic E-state index is 0.492. The molecule has 0 saturated heterocycles. The van der Waals surface area contributed by atoms with Crippen LogP contribution < -0.4 is 5.43 Å². The van der Waals surface area contributed by atoms with Gasteiger partial charge in [0.25, 0.3) is 0 Å². The average Bonchev–Trinajstić information content (AvgIpc) is 2.70. The zero-order valence-electron chi connectivity index (χ0n) is 16.3. The minimum Gasteiger partial charge on any atom is -0.279 e. The molecule has 0 spiro atoms. The summed E-state index contributed by atoms with van der Waals surface area (Å²) in [6.45, 7) is 5.75. The van der Waals surface area contributed by atoms with Gasteiger partial charge in [0.1, 0.15) is 0 Å². The predicted molar refractivity (Wildman–Crippen MR) is 106 cm³/mol. The first-order chi connectivity index (χ1) is 13.4. The van der Waals surface area contributed by atoms with Crippen LogP contribution in [-0.2, 0) is 0 Å². The first kappa shape index (κ1) is 20.7. The number of para-hydroxylation sites is 1. The van der Waals surface area contributed by atoms with Gasteiger partial charge >= 0.3 is 0 Å². The molecular formula is C22H22N6. The lowest BCUT2D eigenvalue weighted by Crippen LogP contribution is -2.70. The van der Waals surface area contributed by atoms with Gasteiger partial charge in [-0.2, -0.15) is 26.1 Å². The molecule has 1 saturated carbocycles. The van der Waals surface area contributed by atoms with Crippen LogP contribution in [0.1, 0.15) is 33.6 Å². The summed E-state index contributed by atoms with van der Waals surface area (Å²) < 4.78 is 0. The van der Waals surface area contributed by atoms with Gasteiger partial charge < -0.3 is 0 Å². The van der Waals surface area contributed by atoms with E-state index in [1.807, 2.05) is 74.5 Å². The van der Waals surface area contributed by atoms with Crippen LogP contribution in [0.3, 0.4) is 0 Å². The summed E-state index contributed by atoms with van der Waals surface area (Å²) in [5.74, 6) is -0.656. The lowest BCUT2D eigenvalue weighted by Gasteiger charge is -2.62. The van der Waals surface area contributed by atoms with E-state index >= 15 is 0 Å². The summed E-state index contributed by atoms with van der Waals surface area (Å²) in [7, 11) is 0. The van der Waals surface area contributed by atoms with Crippen LogP contribution in [0.5, 0.6) is 0 Å². The smallest absolute Gasteiger partial charge is 0.184 e. The third-order valence-corrected chi connectivity index (χ3v) is 5.70. The van der Waals surface area contributed by atoms with Crippen LogP contribution in [0.2, 0.25) is 0 Å². The first-order valence-electron chi connectivity index (χ1n) is 9.00. The molecule has 1 fully saturated rings. The molecule has 1 aliphatic carbocycles. The molecule has 6 heteroatoms. The van der Waals surface area contributed by atoms with Crippen LogP contribution in [0.15, 0.2) is 47.1 Å². The van der Waals surface area contributed by atoms with Crippen LogP contribution in [-0.4, -0.2) is 6.21 Å². The molecule has 0 amide bonds. The maximum atomic E-state index is 9.85. The van der Waals surface area contributed by atoms with Crippen LogP contribution in [0.25, 0.3) is 0 Å². The van der Waals surface area contributed by atoms with Gasteiger partial charge in [-0.25, -0.2) is 0 Å². The number of nitriles is 4. The lowest BCUT2D eigenvalue weighted by molar-refractivity contribution is -0.108. The van der Waals surface area contributed by atoms with Crippen LogP contribution >= 0.6 is 0 Å². The van der Waals surface area contributed by atoms with E-state index in [-0.39, 0.29) is 0 Å². The van der Waals surface area contributed by atoms with E-state index in [1.54, 1.807) is 6.92 Å². The van der Waals surface area contributed by atoms with Gasteiger partial charge in [0.05, 0.1) is 30.0 Å². The Hall–Kier alpha value is -3.61. The number of rotatable bonds is 6. The van der Waals surface area contributed by atoms with Crippen molar-refractivity contribution < 1.29 is 0 Å². The molecule has 2 unspecified atom stereocenters. The standard InChI is InChI=1S/C22H22N6/c1-17(2)8-7-11-20(3)19(12-27-28-18-9-5-4-6-10-18)21(13-23,14-24)22(20,15-25)16-26/h4-6,8-10,12,19,28H,7,11H2,1-3H3/b27-12+. The zero-order chi connectivity index (χ0) is 20.8. The molecule has 2 atom stereocenters. The van der Waals surface area contributed by atoms with Crippen molar-refractivity contribution in [3.63, 3.8) is 0 Å². The van der Waals surface area contributed by atoms with Crippen molar-refractivity contribution in [1.29, 1.82) is 21.0 Å². The van der Waals surface area contributed by atoms with Gasteiger partial charge in [-0.05, 0) is 38.8 Å². The number of allylic oxidation sites excluding steroid dienone is 2. The Labute approximate surface area is 166 Å². The van der Waals surface area contributed by atoms with Gasteiger partial charge in [-0.3, -0.25) is 5.43 Å². The van der Waals surface area contributed by atoms with Gasteiger partial charge in [-0.1, -0.05) is 36.8 Å². The van der Waals surface area contributed by atoms with Crippen molar-refractivity contribution in [1.82, 2.24) is 0 Å². The fourth-order valence-corrected chi connectivity index (χ4v) is 4.08. The molecule has 0 heterocycles. The molecule has 6 nitrogen and oxygen atoms in total. The van der Waals surface area contributed by atoms with Crippen molar-refractivity contribution in [3.05, 3.63) is 42.0 Å². The monoisotopic (exact) mass is 370 g/mol. The highest BCUT2D eigenvalue weighted by Gasteiger charge is 2.80. The minimum atomic E-state index is -1.77. The number of hydrogen-bond donors (Lipinski definition) is 1. The van der Waals surface area contributed by atoms with Gasteiger partial charge in [0, 0.05) is 17.5 Å². The summed E-state index contributed by atoms with van der Waals surface area (Å²) in [5.41, 5.74) is 0.403. The Morgan fingerprint density at radius 1 is 1.07 bits per heavy atom. The molecule has 2 rings (SSSR count). The van der Waals surface area contributed by atoms with Crippen LogP contribution in [0.4, 0.5) is 5.69 Å². The number of benzene rings is 1. The van der Waals surface area contributed by atoms with E-state index in [4.69, 9.17) is 0 Å². The number of nitrogens with one attached hydrogen (secondary N) is 1. The summed E-state index contributed by atoms with van der Waals surface area (Å²) in [5, 5.41) is 43.5. The van der Waals surface area contributed by atoms with Gasteiger partial charge in [-0.15, -0.1) is 0 Å². The number of nitrogens with zero attached hydrogens (tertiary/aromatic N) is 5. The van der Waals surface area contributed by atoms with Crippen molar-refractivity contribution in [2.75, 3.05) is 5.43 Å². The maximum absolute atomic E-state index is 9.85. The Balaban J connectivity index is 2.44. The number of hydrogen-bond acceptors (Lipinski definition) is 6. The Kier molecular flexibility index (Phi) is 5.88. The SMILES string of the molecule is CC(C)=CCCC1(C)C(/C=N/Nc2ccccc2)C(C#N)(C#N)C1(C#N)C#N. The quantitative estimate of drug-likeness (QED) is 0.448. The van der Waals surface area contributed by atoms with Gasteiger partial charge in [0.15, 0.2) is 10.8 Å². The van der Waals surface area contributed by atoms with E-state index in [0.717, 1.165) is 11.3 Å². The zero-order valence-corrected chi connectivity index (χ0v) is 16.3. The highest BCUT2D eigenvalue weighted by atomic mass is 15.3. The molecule has 140 valence electrons. The summed E-state index contributed by atoms with van der Waals surface area (Å²) in [6, 6.07) is 17.2. The van der Waals surface area contributed by atoms with E-state index in [9.17, 15) is 21.0 Å². The van der Waals surface area contributed by atoms with Gasteiger partial charge in [0.2, 0.25) is 0 Å². The first-order valence-corrected chi connectivity index (χ1v) is 9.00. The molecule has 1 aromatic carbocycles.